The van der Waals surface area contributed by atoms with E-state index in [-0.39, 0.29) is 12.1 Å². The highest BCUT2D eigenvalue weighted by Gasteiger charge is 2.20. The van der Waals surface area contributed by atoms with Crippen LogP contribution in [0.2, 0.25) is 0 Å². The van der Waals surface area contributed by atoms with E-state index >= 15 is 0 Å². The van der Waals surface area contributed by atoms with Crippen molar-refractivity contribution in [1.29, 1.82) is 0 Å². The molecule has 154 valence electrons. The number of carbonyl (C=O) groups excluding carboxylic acids is 1. The van der Waals surface area contributed by atoms with Crippen molar-refractivity contribution >= 4 is 28.2 Å². The Hall–Kier alpha value is -3.63. The Morgan fingerprint density at radius 3 is 2.61 bits per heavy atom. The van der Waals surface area contributed by atoms with Crippen LogP contribution in [0, 0.1) is 0 Å². The molecule has 3 N–H and O–H groups in total. The summed E-state index contributed by atoms with van der Waals surface area (Å²) < 4.78 is 0. The fourth-order valence-electron chi connectivity index (χ4n) is 4.41. The third-order valence-electron chi connectivity index (χ3n) is 5.93. The smallest absolute Gasteiger partial charge is 0.323 e. The zero-order valence-corrected chi connectivity index (χ0v) is 17.1. The molecule has 1 aliphatic rings. The van der Waals surface area contributed by atoms with Gasteiger partial charge >= 0.3 is 6.03 Å². The first-order valence-electron chi connectivity index (χ1n) is 10.6. The van der Waals surface area contributed by atoms with E-state index in [1.54, 1.807) is 0 Å². The molecule has 4 nitrogen and oxygen atoms in total. The van der Waals surface area contributed by atoms with Gasteiger partial charge in [0.05, 0.1) is 6.10 Å². The largest absolute Gasteiger partial charge is 0.393 e. The third kappa shape index (κ3) is 4.03. The lowest BCUT2D eigenvalue weighted by molar-refractivity contribution is 0.159. The van der Waals surface area contributed by atoms with Crippen LogP contribution >= 0.6 is 0 Å². The Bertz CT molecular complexity index is 1260. The molecular weight excluding hydrogens is 384 g/mol. The van der Waals surface area contributed by atoms with Gasteiger partial charge < -0.3 is 15.7 Å². The maximum absolute atomic E-state index is 12.7. The molecule has 0 bridgehead atoms. The summed E-state index contributed by atoms with van der Waals surface area (Å²) in [7, 11) is 0. The minimum atomic E-state index is -0.351. The summed E-state index contributed by atoms with van der Waals surface area (Å²) in [6, 6.07) is 28.1. The number of amides is 2. The molecule has 31 heavy (non-hydrogen) atoms. The predicted molar refractivity (Wildman–Crippen MR) is 126 cm³/mol. The molecule has 1 aliphatic carbocycles. The first-order valence-corrected chi connectivity index (χ1v) is 10.6. The van der Waals surface area contributed by atoms with Crippen LogP contribution in [0.1, 0.15) is 17.5 Å². The molecule has 1 unspecified atom stereocenters. The topological polar surface area (TPSA) is 61.4 Å². The molecule has 4 aromatic carbocycles. The summed E-state index contributed by atoms with van der Waals surface area (Å²) in [5.41, 5.74) is 5.90. The van der Waals surface area contributed by atoms with Gasteiger partial charge in [-0.15, -0.1) is 0 Å². The Kier molecular flexibility index (Phi) is 5.14. The van der Waals surface area contributed by atoms with Gasteiger partial charge in [0.1, 0.15) is 0 Å². The van der Waals surface area contributed by atoms with E-state index in [2.05, 4.69) is 53.1 Å². The predicted octanol–water partition coefficient (Wildman–Crippen LogP) is 6.00. The van der Waals surface area contributed by atoms with Crippen LogP contribution in [0.4, 0.5) is 16.2 Å². The standard InChI is InChI=1S/C27H24N2O2/c30-22-15-14-19-8-5-13-26(25(19)17-22)29-27(31)28-21-10-3-9-20(16-21)24-12-4-7-18-6-1-2-11-23(18)24/h1-13,16,22,30H,14-15,17H2,(H2,28,29,31). The van der Waals surface area contributed by atoms with E-state index in [4.69, 9.17) is 0 Å². The summed E-state index contributed by atoms with van der Waals surface area (Å²) in [6.07, 6.45) is 1.82. The first kappa shape index (κ1) is 19.3. The normalized spacial score (nSPS) is 15.3. The molecule has 2 amide bonds. The van der Waals surface area contributed by atoms with Crippen LogP contribution in [0.3, 0.4) is 0 Å². The second kappa shape index (κ2) is 8.25. The number of aryl methyl sites for hydroxylation is 1. The quantitative estimate of drug-likeness (QED) is 0.389. The summed E-state index contributed by atoms with van der Waals surface area (Å²) in [6.45, 7) is 0. The lowest BCUT2D eigenvalue weighted by Crippen LogP contribution is -2.24. The van der Waals surface area contributed by atoms with Crippen LogP contribution < -0.4 is 10.6 Å². The van der Waals surface area contributed by atoms with Gasteiger partial charge in [0.15, 0.2) is 0 Å². The van der Waals surface area contributed by atoms with Gasteiger partial charge in [0, 0.05) is 17.8 Å². The Labute approximate surface area is 181 Å². The highest BCUT2D eigenvalue weighted by molar-refractivity contribution is 6.02. The average Bonchev–Trinajstić information content (AvgIpc) is 2.79. The molecule has 5 rings (SSSR count). The number of rotatable bonds is 3. The molecule has 4 heteroatoms. The van der Waals surface area contributed by atoms with Gasteiger partial charge in [-0.2, -0.15) is 0 Å². The van der Waals surface area contributed by atoms with Gasteiger partial charge in [-0.3, -0.25) is 0 Å². The lowest BCUT2D eigenvalue weighted by Gasteiger charge is -2.23. The lowest BCUT2D eigenvalue weighted by atomic mass is 9.88. The summed E-state index contributed by atoms with van der Waals surface area (Å²) in [5, 5.41) is 18.3. The van der Waals surface area contributed by atoms with Crippen LogP contribution in [0.25, 0.3) is 21.9 Å². The molecule has 0 saturated carbocycles. The highest BCUT2D eigenvalue weighted by Crippen LogP contribution is 2.31. The van der Waals surface area contributed by atoms with Crippen molar-refractivity contribution < 1.29 is 9.90 Å². The number of hydrogen-bond donors (Lipinski definition) is 3. The van der Waals surface area contributed by atoms with E-state index in [1.807, 2.05) is 42.5 Å². The first-order chi connectivity index (χ1) is 15.2. The molecule has 1 atom stereocenters. The third-order valence-corrected chi connectivity index (χ3v) is 5.93. The zero-order chi connectivity index (χ0) is 21.2. The number of benzene rings is 4. The zero-order valence-electron chi connectivity index (χ0n) is 17.1. The van der Waals surface area contributed by atoms with Gasteiger partial charge in [-0.25, -0.2) is 4.79 Å². The monoisotopic (exact) mass is 408 g/mol. The molecule has 0 fully saturated rings. The molecule has 0 heterocycles. The number of aliphatic hydroxyl groups is 1. The summed E-state index contributed by atoms with van der Waals surface area (Å²) in [4.78, 5) is 12.7. The molecular formula is C27H24N2O2. The second-order valence-corrected chi connectivity index (χ2v) is 8.03. The number of anilines is 2. The summed E-state index contributed by atoms with van der Waals surface area (Å²) in [5.74, 6) is 0. The van der Waals surface area contributed by atoms with Gasteiger partial charge in [0.25, 0.3) is 0 Å². The van der Waals surface area contributed by atoms with Crippen LogP contribution in [0.5, 0.6) is 0 Å². The maximum Gasteiger partial charge on any atom is 0.323 e. The molecule has 4 aromatic rings. The molecule has 0 saturated heterocycles. The van der Waals surface area contributed by atoms with Crippen molar-refractivity contribution in [3.05, 3.63) is 96.1 Å². The summed E-state index contributed by atoms with van der Waals surface area (Å²) >= 11 is 0. The van der Waals surface area contributed by atoms with Gasteiger partial charge in [-0.05, 0) is 64.1 Å². The van der Waals surface area contributed by atoms with Crippen molar-refractivity contribution in [2.24, 2.45) is 0 Å². The van der Waals surface area contributed by atoms with Gasteiger partial charge in [0.2, 0.25) is 0 Å². The average molecular weight is 409 g/mol. The van der Waals surface area contributed by atoms with E-state index in [1.165, 1.54) is 16.3 Å². The number of hydrogen-bond acceptors (Lipinski definition) is 2. The van der Waals surface area contributed by atoms with Crippen molar-refractivity contribution in [3.8, 4) is 11.1 Å². The fourth-order valence-corrected chi connectivity index (χ4v) is 4.41. The molecule has 0 spiro atoms. The SMILES string of the molecule is O=C(Nc1cccc(-c2cccc3ccccc23)c1)Nc1cccc2c1CC(O)CC2. The molecule has 0 aromatic heterocycles. The number of nitrogens with one attached hydrogen (secondary N) is 2. The minimum Gasteiger partial charge on any atom is -0.393 e. The van der Waals surface area contributed by atoms with Crippen molar-refractivity contribution in [2.75, 3.05) is 10.6 Å². The van der Waals surface area contributed by atoms with Crippen LogP contribution in [-0.4, -0.2) is 17.2 Å². The molecule has 0 radical (unpaired) electrons. The Morgan fingerprint density at radius 1 is 0.871 bits per heavy atom. The van der Waals surface area contributed by atoms with Gasteiger partial charge in [-0.1, -0.05) is 66.7 Å². The van der Waals surface area contributed by atoms with E-state index in [0.29, 0.717) is 6.42 Å². The second-order valence-electron chi connectivity index (χ2n) is 8.03. The number of urea groups is 1. The van der Waals surface area contributed by atoms with Crippen molar-refractivity contribution in [3.63, 3.8) is 0 Å². The van der Waals surface area contributed by atoms with E-state index < -0.39 is 0 Å². The Balaban J connectivity index is 1.38. The van der Waals surface area contributed by atoms with Crippen LogP contribution in [0.15, 0.2) is 84.9 Å². The van der Waals surface area contributed by atoms with Crippen molar-refractivity contribution in [1.82, 2.24) is 0 Å². The Morgan fingerprint density at radius 2 is 1.68 bits per heavy atom. The van der Waals surface area contributed by atoms with Crippen LogP contribution in [-0.2, 0) is 12.8 Å². The number of fused-ring (bicyclic) bond motifs is 2. The fraction of sp³-hybridized carbons (Fsp3) is 0.148. The maximum atomic E-state index is 12.7. The number of aliphatic hydroxyl groups excluding tert-OH is 1. The van der Waals surface area contributed by atoms with Crippen molar-refractivity contribution in [2.45, 2.75) is 25.4 Å². The molecule has 0 aliphatic heterocycles. The van der Waals surface area contributed by atoms with E-state index in [0.717, 1.165) is 40.9 Å². The highest BCUT2D eigenvalue weighted by atomic mass is 16.3. The minimum absolute atomic E-state index is 0.288. The van der Waals surface area contributed by atoms with E-state index in [9.17, 15) is 9.90 Å². The number of carbonyl (C=O) groups is 1.